The van der Waals surface area contributed by atoms with Gasteiger partial charge in [0.1, 0.15) is 5.75 Å². The third kappa shape index (κ3) is 6.14. The van der Waals surface area contributed by atoms with Gasteiger partial charge in [0.2, 0.25) is 0 Å². The van der Waals surface area contributed by atoms with Crippen LogP contribution in [0.5, 0.6) is 5.75 Å². The van der Waals surface area contributed by atoms with Crippen LogP contribution in [-0.2, 0) is 4.79 Å². The monoisotopic (exact) mass is 328 g/mol. The summed E-state index contributed by atoms with van der Waals surface area (Å²) in [6.07, 6.45) is 12.6. The summed E-state index contributed by atoms with van der Waals surface area (Å²) in [7, 11) is 0. The van der Waals surface area contributed by atoms with Crippen LogP contribution in [0.2, 0.25) is 0 Å². The lowest BCUT2D eigenvalue weighted by Crippen LogP contribution is -2.15. The van der Waals surface area contributed by atoms with Crippen LogP contribution in [0.1, 0.15) is 71.6 Å². The number of rotatable bonds is 9. The molecule has 0 radical (unpaired) electrons. The van der Waals surface area contributed by atoms with Crippen molar-refractivity contribution in [3.05, 3.63) is 42.0 Å². The van der Waals surface area contributed by atoms with E-state index in [0.29, 0.717) is 18.1 Å². The van der Waals surface area contributed by atoms with E-state index < -0.39 is 0 Å². The second-order valence-electron chi connectivity index (χ2n) is 6.99. The maximum absolute atomic E-state index is 12.1. The van der Waals surface area contributed by atoms with Crippen LogP contribution in [0.15, 0.2) is 42.0 Å². The highest BCUT2D eigenvalue weighted by atomic mass is 16.5. The summed E-state index contributed by atoms with van der Waals surface area (Å²) in [4.78, 5) is 12.1. The number of esters is 1. The number of unbranched alkanes of at least 4 members (excludes halogenated alkanes) is 1. The highest BCUT2D eigenvalue weighted by Gasteiger charge is 2.20. The van der Waals surface area contributed by atoms with Gasteiger partial charge >= 0.3 is 5.97 Å². The van der Waals surface area contributed by atoms with Gasteiger partial charge in [0, 0.05) is 6.42 Å². The van der Waals surface area contributed by atoms with Crippen LogP contribution in [-0.4, -0.2) is 5.97 Å². The molecular formula is C22H32O2. The Morgan fingerprint density at radius 3 is 2.62 bits per heavy atom. The molecular weight excluding hydrogens is 296 g/mol. The molecule has 2 rings (SSSR count). The lowest BCUT2D eigenvalue weighted by atomic mass is 9.79. The van der Waals surface area contributed by atoms with Gasteiger partial charge in [-0.3, -0.25) is 4.79 Å². The summed E-state index contributed by atoms with van der Waals surface area (Å²) >= 11 is 0. The molecule has 1 aromatic rings. The van der Waals surface area contributed by atoms with Crippen molar-refractivity contribution in [1.29, 1.82) is 0 Å². The Morgan fingerprint density at radius 1 is 1.21 bits per heavy atom. The quantitative estimate of drug-likeness (QED) is 0.301. The molecule has 0 bridgehead atoms. The van der Waals surface area contributed by atoms with Crippen LogP contribution in [0.3, 0.4) is 0 Å². The van der Waals surface area contributed by atoms with Crippen molar-refractivity contribution in [3.8, 4) is 5.75 Å². The first-order valence-corrected chi connectivity index (χ1v) is 9.67. The highest BCUT2D eigenvalue weighted by molar-refractivity contribution is 5.72. The molecule has 2 unspecified atom stereocenters. The smallest absolute Gasteiger partial charge is 0.311 e. The molecule has 0 fully saturated rings. The largest absolute Gasteiger partial charge is 0.427 e. The number of hydrogen-bond donors (Lipinski definition) is 0. The molecule has 0 spiro atoms. The van der Waals surface area contributed by atoms with Crippen LogP contribution in [0, 0.1) is 11.8 Å². The number of hydrogen-bond acceptors (Lipinski definition) is 2. The Labute approximate surface area is 147 Å². The Balaban J connectivity index is 1.86. The van der Waals surface area contributed by atoms with Crippen LogP contribution < -0.4 is 4.74 Å². The van der Waals surface area contributed by atoms with Gasteiger partial charge in [-0.05, 0) is 56.1 Å². The molecule has 1 aliphatic carbocycles. The predicted molar refractivity (Wildman–Crippen MR) is 100 cm³/mol. The van der Waals surface area contributed by atoms with Crippen LogP contribution >= 0.6 is 0 Å². The van der Waals surface area contributed by atoms with Gasteiger partial charge in [0.05, 0.1) is 0 Å². The van der Waals surface area contributed by atoms with Crippen molar-refractivity contribution in [1.82, 2.24) is 0 Å². The predicted octanol–water partition coefficient (Wildman–Crippen LogP) is 6.32. The Kier molecular flexibility index (Phi) is 8.07. The lowest BCUT2D eigenvalue weighted by molar-refractivity contribution is -0.134. The Hall–Kier alpha value is -1.57. The normalized spacial score (nSPS) is 18.8. The first kappa shape index (κ1) is 18.8. The van der Waals surface area contributed by atoms with Crippen molar-refractivity contribution >= 4 is 5.97 Å². The van der Waals surface area contributed by atoms with Gasteiger partial charge < -0.3 is 4.74 Å². The van der Waals surface area contributed by atoms with Crippen LogP contribution in [0.4, 0.5) is 0 Å². The number of para-hydroxylation sites is 1. The number of benzene rings is 1. The number of carbonyl (C=O) groups excluding carboxylic acids is 1. The first-order valence-electron chi connectivity index (χ1n) is 9.67. The van der Waals surface area contributed by atoms with E-state index in [2.05, 4.69) is 19.9 Å². The van der Waals surface area contributed by atoms with Crippen molar-refractivity contribution in [3.63, 3.8) is 0 Å². The zero-order valence-corrected chi connectivity index (χ0v) is 15.3. The second kappa shape index (κ2) is 10.3. The third-order valence-electron chi connectivity index (χ3n) is 5.23. The van der Waals surface area contributed by atoms with E-state index >= 15 is 0 Å². The van der Waals surface area contributed by atoms with E-state index in [1.54, 1.807) is 5.57 Å². The Bertz CT molecular complexity index is 518. The zero-order chi connectivity index (χ0) is 17.2. The maximum atomic E-state index is 12.1. The molecule has 0 heterocycles. The van der Waals surface area contributed by atoms with E-state index in [4.69, 9.17) is 4.74 Å². The van der Waals surface area contributed by atoms with Gasteiger partial charge in [0.15, 0.2) is 0 Å². The topological polar surface area (TPSA) is 26.3 Å². The van der Waals surface area contributed by atoms with Gasteiger partial charge in [-0.2, -0.15) is 0 Å². The molecule has 2 atom stereocenters. The van der Waals surface area contributed by atoms with Crippen molar-refractivity contribution < 1.29 is 9.53 Å². The fourth-order valence-electron chi connectivity index (χ4n) is 3.58. The molecule has 1 aromatic carbocycles. The van der Waals surface area contributed by atoms with Gasteiger partial charge in [-0.15, -0.1) is 0 Å². The summed E-state index contributed by atoms with van der Waals surface area (Å²) in [5.74, 6) is 1.97. The van der Waals surface area contributed by atoms with E-state index in [9.17, 15) is 4.79 Å². The second-order valence-corrected chi connectivity index (χ2v) is 6.99. The molecule has 0 aromatic heterocycles. The fourth-order valence-corrected chi connectivity index (χ4v) is 3.58. The van der Waals surface area contributed by atoms with E-state index in [1.165, 1.54) is 44.9 Å². The molecule has 0 saturated carbocycles. The van der Waals surface area contributed by atoms with E-state index in [-0.39, 0.29) is 5.97 Å². The molecule has 0 amide bonds. The summed E-state index contributed by atoms with van der Waals surface area (Å²) in [5.41, 5.74) is 1.60. The summed E-state index contributed by atoms with van der Waals surface area (Å²) in [6, 6.07) is 9.38. The molecule has 0 saturated heterocycles. The number of ether oxygens (including phenoxy) is 1. The van der Waals surface area contributed by atoms with Gasteiger partial charge in [-0.25, -0.2) is 0 Å². The zero-order valence-electron chi connectivity index (χ0n) is 15.3. The molecule has 24 heavy (non-hydrogen) atoms. The van der Waals surface area contributed by atoms with Crippen molar-refractivity contribution in [2.24, 2.45) is 11.8 Å². The van der Waals surface area contributed by atoms with E-state index in [0.717, 1.165) is 12.3 Å². The minimum atomic E-state index is -0.106. The van der Waals surface area contributed by atoms with E-state index in [1.807, 2.05) is 30.3 Å². The Morgan fingerprint density at radius 2 is 2.00 bits per heavy atom. The minimum absolute atomic E-state index is 0.106. The molecule has 0 aliphatic heterocycles. The summed E-state index contributed by atoms with van der Waals surface area (Å²) < 4.78 is 5.43. The third-order valence-corrected chi connectivity index (χ3v) is 5.23. The fraction of sp³-hybridized carbons (Fsp3) is 0.591. The minimum Gasteiger partial charge on any atom is -0.427 e. The summed E-state index contributed by atoms with van der Waals surface area (Å²) in [6.45, 7) is 4.53. The average molecular weight is 328 g/mol. The van der Waals surface area contributed by atoms with Crippen LogP contribution in [0.25, 0.3) is 0 Å². The average Bonchev–Trinajstić information content (AvgIpc) is 2.63. The number of carbonyl (C=O) groups is 1. The molecule has 2 nitrogen and oxygen atoms in total. The number of allylic oxidation sites excluding steroid dienone is 2. The SMILES string of the molecule is CCCCC(CCC(=O)Oc1ccccc1)C1=CCC(CC)CC1. The molecule has 0 N–H and O–H groups in total. The van der Waals surface area contributed by atoms with Crippen molar-refractivity contribution in [2.45, 2.75) is 71.6 Å². The molecule has 2 heteroatoms. The van der Waals surface area contributed by atoms with Gasteiger partial charge in [-0.1, -0.05) is 63.0 Å². The van der Waals surface area contributed by atoms with Gasteiger partial charge in [0.25, 0.3) is 0 Å². The standard InChI is InChI=1S/C22H32O2/c1-3-5-9-19(20-14-12-18(4-2)13-15-20)16-17-22(23)24-21-10-7-6-8-11-21/h6-8,10-11,14,18-19H,3-5,9,12-13,15-17H2,1-2H3. The molecule has 132 valence electrons. The first-order chi connectivity index (χ1) is 11.7. The maximum Gasteiger partial charge on any atom is 0.311 e. The highest BCUT2D eigenvalue weighted by Crippen LogP contribution is 2.34. The van der Waals surface area contributed by atoms with Crippen molar-refractivity contribution in [2.75, 3.05) is 0 Å². The lowest BCUT2D eigenvalue weighted by Gasteiger charge is -2.26. The summed E-state index contributed by atoms with van der Waals surface area (Å²) in [5, 5.41) is 0. The molecule has 1 aliphatic rings.